The van der Waals surface area contributed by atoms with Gasteiger partial charge in [0.2, 0.25) is 0 Å². The Balaban J connectivity index is 1.87. The van der Waals surface area contributed by atoms with Gasteiger partial charge < -0.3 is 5.11 Å². The molecule has 2 aliphatic carbocycles. The molecule has 2 fully saturated rings. The van der Waals surface area contributed by atoms with Crippen molar-refractivity contribution in [2.24, 2.45) is 11.8 Å². The molecular formula is C16H22O. The molecule has 2 aliphatic rings. The number of rotatable bonds is 1. The van der Waals surface area contributed by atoms with E-state index in [1.54, 1.807) is 0 Å². The van der Waals surface area contributed by atoms with E-state index in [2.05, 4.69) is 45.0 Å². The van der Waals surface area contributed by atoms with Crippen LogP contribution in [0.5, 0.6) is 0 Å². The molecule has 3 rings (SSSR count). The van der Waals surface area contributed by atoms with Crippen molar-refractivity contribution in [3.05, 3.63) is 35.4 Å². The highest BCUT2D eigenvalue weighted by Gasteiger charge is 2.66. The first-order chi connectivity index (χ1) is 7.94. The van der Waals surface area contributed by atoms with Gasteiger partial charge >= 0.3 is 0 Å². The lowest BCUT2D eigenvalue weighted by Gasteiger charge is -2.21. The summed E-state index contributed by atoms with van der Waals surface area (Å²) in [5.74, 6) is 1.09. The summed E-state index contributed by atoms with van der Waals surface area (Å²) in [4.78, 5) is 0. The number of hydrogen-bond donors (Lipinski definition) is 1. The van der Waals surface area contributed by atoms with Gasteiger partial charge in [-0.05, 0) is 41.2 Å². The normalized spacial score (nSPS) is 35.8. The summed E-state index contributed by atoms with van der Waals surface area (Å²) in [6, 6.07) is 8.64. The van der Waals surface area contributed by atoms with Crippen molar-refractivity contribution >= 4 is 0 Å². The summed E-state index contributed by atoms with van der Waals surface area (Å²) in [5.41, 5.74) is 2.20. The van der Waals surface area contributed by atoms with E-state index in [-0.39, 0.29) is 5.41 Å². The van der Waals surface area contributed by atoms with E-state index in [0.29, 0.717) is 11.8 Å². The van der Waals surface area contributed by atoms with Crippen LogP contribution in [0, 0.1) is 11.8 Å². The molecule has 0 bridgehead atoms. The summed E-state index contributed by atoms with van der Waals surface area (Å²) in [5, 5.41) is 10.7. The zero-order valence-corrected chi connectivity index (χ0v) is 11.0. The quantitative estimate of drug-likeness (QED) is 0.781. The van der Waals surface area contributed by atoms with Gasteiger partial charge in [-0.25, -0.2) is 0 Å². The Morgan fingerprint density at radius 1 is 1.06 bits per heavy atom. The summed E-state index contributed by atoms with van der Waals surface area (Å²) in [6.45, 7) is 6.67. The summed E-state index contributed by atoms with van der Waals surface area (Å²) in [7, 11) is 0. The van der Waals surface area contributed by atoms with Gasteiger partial charge in [0.05, 0.1) is 5.60 Å². The van der Waals surface area contributed by atoms with Crippen molar-refractivity contribution < 1.29 is 5.11 Å². The average Bonchev–Trinajstić information content (AvgIpc) is 2.67. The Labute approximate surface area is 104 Å². The van der Waals surface area contributed by atoms with Crippen LogP contribution in [-0.4, -0.2) is 5.11 Å². The second-order valence-electron chi connectivity index (χ2n) is 6.80. The molecule has 0 spiro atoms. The molecule has 17 heavy (non-hydrogen) atoms. The van der Waals surface area contributed by atoms with E-state index in [4.69, 9.17) is 0 Å². The maximum Gasteiger partial charge on any atom is 0.0960 e. The Bertz CT molecular complexity index is 414. The highest BCUT2D eigenvalue weighted by molar-refractivity contribution is 5.37. The standard InChI is InChI=1S/C16H22O/c1-15(2,3)11-7-9-12(10-8-11)16(17)13-5-4-6-14(13)16/h7-10,13-14,17H,4-6H2,1-3H3. The third-order valence-corrected chi connectivity index (χ3v) is 4.75. The summed E-state index contributed by atoms with van der Waals surface area (Å²) >= 11 is 0. The Hall–Kier alpha value is -0.820. The second kappa shape index (κ2) is 3.35. The van der Waals surface area contributed by atoms with Gasteiger partial charge in [-0.3, -0.25) is 0 Å². The van der Waals surface area contributed by atoms with Gasteiger partial charge in [0.15, 0.2) is 0 Å². The summed E-state index contributed by atoms with van der Waals surface area (Å²) in [6.07, 6.45) is 3.72. The van der Waals surface area contributed by atoms with Crippen molar-refractivity contribution in [3.63, 3.8) is 0 Å². The molecule has 2 unspecified atom stereocenters. The van der Waals surface area contributed by atoms with Crippen LogP contribution in [-0.2, 0) is 11.0 Å². The van der Waals surface area contributed by atoms with Crippen LogP contribution < -0.4 is 0 Å². The van der Waals surface area contributed by atoms with E-state index in [9.17, 15) is 5.11 Å². The molecule has 92 valence electrons. The molecule has 0 heterocycles. The number of aliphatic hydroxyl groups is 1. The molecule has 0 aromatic heterocycles. The van der Waals surface area contributed by atoms with Gasteiger partial charge in [0, 0.05) is 0 Å². The maximum atomic E-state index is 10.7. The fourth-order valence-corrected chi connectivity index (χ4v) is 3.59. The lowest BCUT2D eigenvalue weighted by atomic mass is 9.85. The van der Waals surface area contributed by atoms with Crippen LogP contribution in [0.2, 0.25) is 0 Å². The van der Waals surface area contributed by atoms with Crippen LogP contribution in [0.1, 0.15) is 51.2 Å². The zero-order valence-electron chi connectivity index (χ0n) is 11.0. The first-order valence-electron chi connectivity index (χ1n) is 6.77. The fraction of sp³-hybridized carbons (Fsp3) is 0.625. The fourth-order valence-electron chi connectivity index (χ4n) is 3.59. The van der Waals surface area contributed by atoms with Gasteiger partial charge in [0.1, 0.15) is 0 Å². The molecule has 1 heteroatoms. The van der Waals surface area contributed by atoms with Crippen LogP contribution in [0.25, 0.3) is 0 Å². The highest BCUT2D eigenvalue weighted by atomic mass is 16.3. The monoisotopic (exact) mass is 230 g/mol. The van der Waals surface area contributed by atoms with Gasteiger partial charge in [0.25, 0.3) is 0 Å². The molecule has 0 saturated heterocycles. The third-order valence-electron chi connectivity index (χ3n) is 4.75. The molecule has 2 atom stereocenters. The van der Waals surface area contributed by atoms with Crippen molar-refractivity contribution in [3.8, 4) is 0 Å². The van der Waals surface area contributed by atoms with Crippen molar-refractivity contribution in [2.45, 2.75) is 51.0 Å². The summed E-state index contributed by atoms with van der Waals surface area (Å²) < 4.78 is 0. The van der Waals surface area contributed by atoms with Gasteiger partial charge in [-0.15, -0.1) is 0 Å². The minimum atomic E-state index is -0.478. The van der Waals surface area contributed by atoms with E-state index in [0.717, 1.165) is 5.56 Å². The molecule has 0 radical (unpaired) electrons. The third kappa shape index (κ3) is 1.55. The molecule has 0 amide bonds. The Morgan fingerprint density at radius 2 is 1.59 bits per heavy atom. The highest BCUT2D eigenvalue weighted by Crippen LogP contribution is 2.66. The molecular weight excluding hydrogens is 208 g/mol. The molecule has 0 aliphatic heterocycles. The zero-order chi connectivity index (χ0) is 12.3. The van der Waals surface area contributed by atoms with Crippen LogP contribution in [0.15, 0.2) is 24.3 Å². The number of benzene rings is 1. The number of fused-ring (bicyclic) bond motifs is 1. The lowest BCUT2D eigenvalue weighted by Crippen LogP contribution is -2.15. The average molecular weight is 230 g/mol. The van der Waals surface area contributed by atoms with Crippen molar-refractivity contribution in [1.82, 2.24) is 0 Å². The predicted octanol–water partition coefficient (Wildman–Crippen LogP) is 3.60. The predicted molar refractivity (Wildman–Crippen MR) is 69.9 cm³/mol. The van der Waals surface area contributed by atoms with Gasteiger partial charge in [-0.2, -0.15) is 0 Å². The Kier molecular flexibility index (Phi) is 2.22. The van der Waals surface area contributed by atoms with E-state index in [1.165, 1.54) is 24.8 Å². The van der Waals surface area contributed by atoms with Crippen molar-refractivity contribution in [1.29, 1.82) is 0 Å². The minimum absolute atomic E-state index is 0.195. The van der Waals surface area contributed by atoms with Crippen molar-refractivity contribution in [2.75, 3.05) is 0 Å². The molecule has 2 saturated carbocycles. The molecule has 1 nitrogen and oxygen atoms in total. The van der Waals surface area contributed by atoms with E-state index in [1.807, 2.05) is 0 Å². The maximum absolute atomic E-state index is 10.7. The van der Waals surface area contributed by atoms with Gasteiger partial charge in [-0.1, -0.05) is 51.5 Å². The van der Waals surface area contributed by atoms with Crippen LogP contribution in [0.3, 0.4) is 0 Å². The minimum Gasteiger partial charge on any atom is -0.385 e. The topological polar surface area (TPSA) is 20.2 Å². The Morgan fingerprint density at radius 3 is 2.06 bits per heavy atom. The smallest absolute Gasteiger partial charge is 0.0960 e. The van der Waals surface area contributed by atoms with Crippen LogP contribution >= 0.6 is 0 Å². The van der Waals surface area contributed by atoms with E-state index >= 15 is 0 Å². The second-order valence-corrected chi connectivity index (χ2v) is 6.80. The SMILES string of the molecule is CC(C)(C)c1ccc(C2(O)C3CCCC32)cc1. The largest absolute Gasteiger partial charge is 0.385 e. The molecule has 1 N–H and O–H groups in total. The first-order valence-corrected chi connectivity index (χ1v) is 6.77. The number of hydrogen-bond acceptors (Lipinski definition) is 1. The van der Waals surface area contributed by atoms with Crippen LogP contribution in [0.4, 0.5) is 0 Å². The molecule has 1 aromatic carbocycles. The molecule has 1 aromatic rings. The van der Waals surface area contributed by atoms with E-state index < -0.39 is 5.60 Å². The lowest BCUT2D eigenvalue weighted by molar-refractivity contribution is 0.105. The first kappa shape index (κ1) is 11.3.